The number of imide groups is 1. The highest BCUT2D eigenvalue weighted by atomic mass is 35.5. The number of rotatable bonds is 1. The number of amides is 3. The van der Waals surface area contributed by atoms with Gasteiger partial charge in [-0.05, 0) is 36.4 Å². The Balaban J connectivity index is 1.65. The Labute approximate surface area is 160 Å². The molecule has 27 heavy (non-hydrogen) atoms. The van der Waals surface area contributed by atoms with Crippen LogP contribution in [0.4, 0.5) is 10.5 Å². The first-order chi connectivity index (χ1) is 13.1. The van der Waals surface area contributed by atoms with Crippen molar-refractivity contribution in [2.45, 2.75) is 0 Å². The van der Waals surface area contributed by atoms with Gasteiger partial charge in [0.05, 0.1) is 10.7 Å². The lowest BCUT2D eigenvalue weighted by atomic mass is 10.0. The molecule has 2 aliphatic rings. The van der Waals surface area contributed by atoms with E-state index in [1.165, 1.54) is 6.21 Å². The maximum atomic E-state index is 12.7. The van der Waals surface area contributed by atoms with E-state index in [1.54, 1.807) is 30.4 Å². The molecule has 2 aliphatic heterocycles. The van der Waals surface area contributed by atoms with Gasteiger partial charge in [0.15, 0.2) is 0 Å². The maximum Gasteiger partial charge on any atom is 0.356 e. The van der Waals surface area contributed by atoms with E-state index in [-0.39, 0.29) is 16.5 Å². The van der Waals surface area contributed by atoms with Crippen LogP contribution < -0.4 is 4.90 Å². The number of carbonyl (C=O) groups excluding carboxylic acids is 2. The normalized spacial score (nSPS) is 17.9. The molecule has 5 nitrogen and oxygen atoms in total. The second-order valence-electron chi connectivity index (χ2n) is 5.85. The zero-order valence-corrected chi connectivity index (χ0v) is 14.7. The summed E-state index contributed by atoms with van der Waals surface area (Å²) in [5.74, 6) is 5.15. The van der Waals surface area contributed by atoms with Gasteiger partial charge in [0.1, 0.15) is 11.8 Å². The first kappa shape index (κ1) is 17.0. The quantitative estimate of drug-likeness (QED) is 0.712. The van der Waals surface area contributed by atoms with E-state index in [0.717, 1.165) is 10.5 Å². The Morgan fingerprint density at radius 1 is 1.00 bits per heavy atom. The molecule has 1 unspecified atom stereocenters. The first-order valence-corrected chi connectivity index (χ1v) is 8.55. The molecule has 0 saturated heterocycles. The zero-order valence-electron chi connectivity index (χ0n) is 14.0. The van der Waals surface area contributed by atoms with Crippen LogP contribution in [-0.4, -0.2) is 24.0 Å². The summed E-state index contributed by atoms with van der Waals surface area (Å²) < 4.78 is 0. The van der Waals surface area contributed by atoms with Crippen molar-refractivity contribution in [2.24, 2.45) is 15.9 Å². The number of hydrogen-bond acceptors (Lipinski definition) is 3. The van der Waals surface area contributed by atoms with Crippen LogP contribution in [0.1, 0.15) is 11.1 Å². The largest absolute Gasteiger partial charge is 0.356 e. The molecular formula is C21H12ClN3O2. The summed E-state index contributed by atoms with van der Waals surface area (Å²) in [5, 5.41) is 0.249. The summed E-state index contributed by atoms with van der Waals surface area (Å²) in [5.41, 5.74) is 1.84. The van der Waals surface area contributed by atoms with Crippen LogP contribution in [0.5, 0.6) is 0 Å². The third-order valence-corrected chi connectivity index (χ3v) is 4.38. The molecule has 0 spiro atoms. The van der Waals surface area contributed by atoms with Crippen LogP contribution in [0.25, 0.3) is 0 Å². The van der Waals surface area contributed by atoms with Gasteiger partial charge in [0.25, 0.3) is 0 Å². The number of halogens is 1. The van der Waals surface area contributed by atoms with Crippen molar-refractivity contribution in [3.63, 3.8) is 0 Å². The fourth-order valence-electron chi connectivity index (χ4n) is 2.77. The smallest absolute Gasteiger partial charge is 0.273 e. The number of allylic oxidation sites excluding steroid dienone is 1. The predicted molar refractivity (Wildman–Crippen MR) is 105 cm³/mol. The zero-order chi connectivity index (χ0) is 18.8. The van der Waals surface area contributed by atoms with E-state index in [0.29, 0.717) is 5.56 Å². The van der Waals surface area contributed by atoms with Crippen molar-refractivity contribution < 1.29 is 9.59 Å². The molecule has 0 aliphatic carbocycles. The standard InChI is InChI=1S/C21H12ClN3O2/c22-17-13-15(9-8-14-5-2-1-3-6-14)10-11-18(17)25-20(26)16-7-4-12-23-19(16)24-21(25)27/h1-7,10-13,16H. The fourth-order valence-corrected chi connectivity index (χ4v) is 3.04. The summed E-state index contributed by atoms with van der Waals surface area (Å²) >= 11 is 6.34. The van der Waals surface area contributed by atoms with Crippen molar-refractivity contribution in [1.29, 1.82) is 0 Å². The minimum Gasteiger partial charge on any atom is -0.273 e. The molecule has 130 valence electrons. The molecule has 0 fully saturated rings. The topological polar surface area (TPSA) is 62.1 Å². The van der Waals surface area contributed by atoms with Gasteiger partial charge >= 0.3 is 6.03 Å². The lowest BCUT2D eigenvalue weighted by molar-refractivity contribution is -0.118. The number of fused-ring (bicyclic) bond motifs is 1. The van der Waals surface area contributed by atoms with Gasteiger partial charge in [-0.25, -0.2) is 14.7 Å². The van der Waals surface area contributed by atoms with Gasteiger partial charge in [-0.1, -0.05) is 47.7 Å². The number of amidine groups is 1. The Kier molecular flexibility index (Phi) is 4.41. The molecule has 2 aromatic carbocycles. The number of urea groups is 1. The number of aliphatic imine (C=N–C) groups is 2. The average molecular weight is 374 g/mol. The molecule has 0 saturated carbocycles. The van der Waals surface area contributed by atoms with E-state index in [1.807, 2.05) is 30.3 Å². The summed E-state index contributed by atoms with van der Waals surface area (Å²) in [6.45, 7) is 0. The number of nitrogens with zero attached hydrogens (tertiary/aromatic N) is 3. The number of benzene rings is 2. The van der Waals surface area contributed by atoms with Crippen LogP contribution in [-0.2, 0) is 4.79 Å². The van der Waals surface area contributed by atoms with Gasteiger partial charge in [-0.2, -0.15) is 4.99 Å². The minimum absolute atomic E-state index is 0.199. The van der Waals surface area contributed by atoms with Crippen molar-refractivity contribution in [3.8, 4) is 11.8 Å². The summed E-state index contributed by atoms with van der Waals surface area (Å²) in [7, 11) is 0. The molecule has 0 aromatic heterocycles. The van der Waals surface area contributed by atoms with Crippen LogP contribution in [0.15, 0.2) is 70.7 Å². The SMILES string of the molecule is O=C1N=C2N=CC=CC2C(=O)N1c1ccc(C#Cc2ccccc2)cc1Cl. The van der Waals surface area contributed by atoms with Crippen LogP contribution in [0.2, 0.25) is 5.02 Å². The predicted octanol–water partition coefficient (Wildman–Crippen LogP) is 3.86. The molecule has 2 heterocycles. The van der Waals surface area contributed by atoms with Crippen molar-refractivity contribution in [3.05, 3.63) is 76.8 Å². The summed E-state index contributed by atoms with van der Waals surface area (Å²) in [6, 6.07) is 13.8. The third-order valence-electron chi connectivity index (χ3n) is 4.08. The Bertz CT molecular complexity index is 1090. The van der Waals surface area contributed by atoms with E-state index >= 15 is 0 Å². The number of hydrogen-bond donors (Lipinski definition) is 0. The molecule has 2 aromatic rings. The molecule has 0 bridgehead atoms. The van der Waals surface area contributed by atoms with Crippen molar-refractivity contribution in [1.82, 2.24) is 0 Å². The second kappa shape index (κ2) is 7.02. The number of dihydropyridines is 1. The second-order valence-corrected chi connectivity index (χ2v) is 6.26. The van der Waals surface area contributed by atoms with Crippen LogP contribution in [0, 0.1) is 17.8 Å². The van der Waals surface area contributed by atoms with Crippen molar-refractivity contribution >= 4 is 41.3 Å². The summed E-state index contributed by atoms with van der Waals surface area (Å²) in [4.78, 5) is 33.9. The molecule has 6 heteroatoms. The number of anilines is 1. The molecule has 3 amide bonds. The third kappa shape index (κ3) is 3.31. The van der Waals surface area contributed by atoms with Gasteiger partial charge < -0.3 is 0 Å². The maximum absolute atomic E-state index is 12.7. The van der Waals surface area contributed by atoms with Gasteiger partial charge in [-0.15, -0.1) is 0 Å². The van der Waals surface area contributed by atoms with E-state index in [4.69, 9.17) is 11.6 Å². The van der Waals surface area contributed by atoms with E-state index in [2.05, 4.69) is 21.8 Å². The molecule has 0 radical (unpaired) electrons. The van der Waals surface area contributed by atoms with Crippen LogP contribution in [0.3, 0.4) is 0 Å². The monoisotopic (exact) mass is 373 g/mol. The molecular weight excluding hydrogens is 362 g/mol. The van der Waals surface area contributed by atoms with Gasteiger partial charge in [-0.3, -0.25) is 4.79 Å². The van der Waals surface area contributed by atoms with Gasteiger partial charge in [0.2, 0.25) is 5.91 Å². The summed E-state index contributed by atoms with van der Waals surface area (Å²) in [6.07, 6.45) is 4.80. The van der Waals surface area contributed by atoms with Gasteiger partial charge in [0, 0.05) is 17.3 Å². The fraction of sp³-hybridized carbons (Fsp3) is 0.0476. The lowest BCUT2D eigenvalue weighted by Crippen LogP contribution is -2.46. The highest BCUT2D eigenvalue weighted by Crippen LogP contribution is 2.31. The Hall–Kier alpha value is -3.49. The van der Waals surface area contributed by atoms with Crippen molar-refractivity contribution in [2.75, 3.05) is 4.90 Å². The molecule has 0 N–H and O–H groups in total. The van der Waals surface area contributed by atoms with E-state index < -0.39 is 17.9 Å². The first-order valence-electron chi connectivity index (χ1n) is 8.17. The highest BCUT2D eigenvalue weighted by molar-refractivity contribution is 6.37. The number of carbonyl (C=O) groups is 2. The Morgan fingerprint density at radius 3 is 2.56 bits per heavy atom. The molecule has 4 rings (SSSR count). The van der Waals surface area contributed by atoms with E-state index in [9.17, 15) is 9.59 Å². The van der Waals surface area contributed by atoms with Crippen LogP contribution >= 0.6 is 11.6 Å². The Morgan fingerprint density at radius 2 is 1.78 bits per heavy atom. The average Bonchev–Trinajstić information content (AvgIpc) is 2.68. The lowest BCUT2D eigenvalue weighted by Gasteiger charge is -2.28. The molecule has 1 atom stereocenters. The minimum atomic E-state index is -0.705. The highest BCUT2D eigenvalue weighted by Gasteiger charge is 2.38.